The maximum Gasteiger partial charge on any atom is 0.133 e. The molecule has 2 aromatic rings. The van der Waals surface area contributed by atoms with Gasteiger partial charge in [-0.3, -0.25) is 9.97 Å². The minimum Gasteiger partial charge on any atom is -0.506 e. The average molecular weight is 204 g/mol. The van der Waals surface area contributed by atoms with E-state index < -0.39 is 0 Å². The molecule has 2 heterocycles. The molecule has 0 aromatic carbocycles. The first-order chi connectivity index (χ1) is 6.77. The Hall–Kier alpha value is -1.55. The fraction of sp³-hybridized carbons (Fsp3) is 0. The Labute approximate surface area is 86.9 Å². The second kappa shape index (κ2) is 3.67. The molecule has 14 heavy (non-hydrogen) atoms. The van der Waals surface area contributed by atoms with Crippen molar-refractivity contribution in [2.24, 2.45) is 0 Å². The van der Waals surface area contributed by atoms with Gasteiger partial charge in [-0.2, -0.15) is 0 Å². The van der Waals surface area contributed by atoms with Crippen molar-refractivity contribution in [3.8, 4) is 17.1 Å². The molecule has 0 amide bonds. The molecule has 0 spiro atoms. The first-order valence-corrected chi connectivity index (χ1v) is 4.51. The smallest absolute Gasteiger partial charge is 0.133 e. The van der Waals surface area contributed by atoms with Gasteiger partial charge in [-0.15, -0.1) is 12.6 Å². The summed E-state index contributed by atoms with van der Waals surface area (Å²) in [6.07, 6.45) is 3.07. The molecular formula is C10H8N2OS. The van der Waals surface area contributed by atoms with Crippen LogP contribution in [0.4, 0.5) is 0 Å². The number of pyridine rings is 2. The Morgan fingerprint density at radius 3 is 2.64 bits per heavy atom. The molecule has 70 valence electrons. The van der Waals surface area contributed by atoms with Crippen LogP contribution >= 0.6 is 12.6 Å². The minimum atomic E-state index is 0.144. The highest BCUT2D eigenvalue weighted by molar-refractivity contribution is 7.80. The zero-order valence-electron chi connectivity index (χ0n) is 7.25. The summed E-state index contributed by atoms with van der Waals surface area (Å²) >= 11 is 4.27. The maximum atomic E-state index is 9.07. The quantitative estimate of drug-likeness (QED) is 0.699. The zero-order chi connectivity index (χ0) is 9.97. The molecule has 2 rings (SSSR count). The number of thiol groups is 1. The van der Waals surface area contributed by atoms with Gasteiger partial charge in [0.15, 0.2) is 0 Å². The molecule has 0 atom stereocenters. The van der Waals surface area contributed by atoms with Crippen LogP contribution in [0.3, 0.4) is 0 Å². The molecule has 0 radical (unpaired) electrons. The van der Waals surface area contributed by atoms with Crippen LogP contribution < -0.4 is 0 Å². The molecule has 0 saturated carbocycles. The molecule has 0 aliphatic heterocycles. The highest BCUT2D eigenvalue weighted by Crippen LogP contribution is 2.22. The van der Waals surface area contributed by atoms with Gasteiger partial charge in [-0.05, 0) is 24.3 Å². The van der Waals surface area contributed by atoms with E-state index in [-0.39, 0.29) is 5.75 Å². The highest BCUT2D eigenvalue weighted by Gasteiger charge is 2.03. The van der Waals surface area contributed by atoms with E-state index in [0.29, 0.717) is 5.69 Å². The van der Waals surface area contributed by atoms with Gasteiger partial charge in [-0.25, -0.2) is 0 Å². The summed E-state index contributed by atoms with van der Waals surface area (Å²) in [6.45, 7) is 0. The molecule has 1 N–H and O–H groups in total. The number of hydrogen-bond donors (Lipinski definition) is 2. The molecule has 3 nitrogen and oxygen atoms in total. The fourth-order valence-corrected chi connectivity index (χ4v) is 1.38. The van der Waals surface area contributed by atoms with E-state index in [4.69, 9.17) is 5.11 Å². The topological polar surface area (TPSA) is 46.0 Å². The third kappa shape index (κ3) is 1.70. The maximum absolute atomic E-state index is 9.07. The molecule has 4 heteroatoms. The predicted molar refractivity (Wildman–Crippen MR) is 56.4 cm³/mol. The lowest BCUT2D eigenvalue weighted by atomic mass is 10.2. The summed E-state index contributed by atoms with van der Waals surface area (Å²) in [5.41, 5.74) is 1.42. The number of hydrogen-bond acceptors (Lipinski definition) is 4. The van der Waals surface area contributed by atoms with Gasteiger partial charge in [0, 0.05) is 11.1 Å². The second-order valence-electron chi connectivity index (χ2n) is 2.77. The predicted octanol–water partition coefficient (Wildman–Crippen LogP) is 2.14. The summed E-state index contributed by atoms with van der Waals surface area (Å²) in [6, 6.07) is 6.94. The lowest BCUT2D eigenvalue weighted by molar-refractivity contribution is 0.473. The lowest BCUT2D eigenvalue weighted by Gasteiger charge is -2.02. The van der Waals surface area contributed by atoms with Crippen LogP contribution in [0, 0.1) is 0 Å². The molecule has 0 aliphatic carbocycles. The van der Waals surface area contributed by atoms with E-state index in [9.17, 15) is 0 Å². The molecule has 0 fully saturated rings. The van der Waals surface area contributed by atoms with Crippen molar-refractivity contribution in [2.75, 3.05) is 0 Å². The Bertz CT molecular complexity index is 442. The number of aromatic nitrogens is 2. The van der Waals surface area contributed by atoms with Crippen LogP contribution in [0.25, 0.3) is 11.4 Å². The van der Waals surface area contributed by atoms with Gasteiger partial charge in [0.1, 0.15) is 11.4 Å². The summed E-state index contributed by atoms with van der Waals surface area (Å²) in [5, 5.41) is 9.07. The van der Waals surface area contributed by atoms with Crippen molar-refractivity contribution < 1.29 is 5.11 Å². The first-order valence-electron chi connectivity index (χ1n) is 4.07. The SMILES string of the molecule is Oc1ccc(-c2ncccc2S)nc1. The van der Waals surface area contributed by atoms with Crippen LogP contribution in [0.2, 0.25) is 0 Å². The van der Waals surface area contributed by atoms with E-state index in [1.165, 1.54) is 6.20 Å². The molecule has 0 bridgehead atoms. The molecule has 2 aromatic heterocycles. The molecule has 0 aliphatic rings. The molecule has 0 saturated heterocycles. The highest BCUT2D eigenvalue weighted by atomic mass is 32.1. The third-order valence-corrected chi connectivity index (χ3v) is 2.14. The Morgan fingerprint density at radius 1 is 1.14 bits per heavy atom. The zero-order valence-corrected chi connectivity index (χ0v) is 8.15. The minimum absolute atomic E-state index is 0.144. The summed E-state index contributed by atoms with van der Waals surface area (Å²) in [4.78, 5) is 8.97. The van der Waals surface area contributed by atoms with Crippen LogP contribution in [-0.4, -0.2) is 15.1 Å². The van der Waals surface area contributed by atoms with Crippen molar-refractivity contribution in [3.63, 3.8) is 0 Å². The Kier molecular flexibility index (Phi) is 2.37. The summed E-state index contributed by atoms with van der Waals surface area (Å²) in [7, 11) is 0. The molecular weight excluding hydrogens is 196 g/mol. The van der Waals surface area contributed by atoms with Gasteiger partial charge < -0.3 is 5.11 Å². The van der Waals surface area contributed by atoms with E-state index in [0.717, 1.165) is 10.6 Å². The largest absolute Gasteiger partial charge is 0.506 e. The van der Waals surface area contributed by atoms with E-state index >= 15 is 0 Å². The van der Waals surface area contributed by atoms with Crippen molar-refractivity contribution in [3.05, 3.63) is 36.7 Å². The normalized spacial score (nSPS) is 10.1. The third-order valence-electron chi connectivity index (χ3n) is 1.78. The van der Waals surface area contributed by atoms with Crippen molar-refractivity contribution in [2.45, 2.75) is 4.90 Å². The monoisotopic (exact) mass is 204 g/mol. The average Bonchev–Trinajstić information content (AvgIpc) is 2.20. The van der Waals surface area contributed by atoms with Crippen molar-refractivity contribution in [1.29, 1.82) is 0 Å². The lowest BCUT2D eigenvalue weighted by Crippen LogP contribution is -1.87. The van der Waals surface area contributed by atoms with E-state index in [2.05, 4.69) is 22.6 Å². The van der Waals surface area contributed by atoms with Crippen LogP contribution in [-0.2, 0) is 0 Å². The number of nitrogens with zero attached hydrogens (tertiary/aromatic N) is 2. The van der Waals surface area contributed by atoms with Gasteiger partial charge in [0.05, 0.1) is 11.9 Å². The number of rotatable bonds is 1. The summed E-state index contributed by atoms with van der Waals surface area (Å²) in [5.74, 6) is 0.144. The Morgan fingerprint density at radius 2 is 2.00 bits per heavy atom. The number of aromatic hydroxyl groups is 1. The van der Waals surface area contributed by atoms with Crippen LogP contribution in [0.1, 0.15) is 0 Å². The summed E-state index contributed by atoms with van der Waals surface area (Å²) < 4.78 is 0. The van der Waals surface area contributed by atoms with E-state index in [1.807, 2.05) is 12.1 Å². The first kappa shape index (κ1) is 9.02. The van der Waals surface area contributed by atoms with Gasteiger partial charge in [0.25, 0.3) is 0 Å². The van der Waals surface area contributed by atoms with Crippen molar-refractivity contribution >= 4 is 12.6 Å². The van der Waals surface area contributed by atoms with Gasteiger partial charge >= 0.3 is 0 Å². The Balaban J connectivity index is 2.50. The van der Waals surface area contributed by atoms with E-state index in [1.54, 1.807) is 18.3 Å². The fourth-order valence-electron chi connectivity index (χ4n) is 1.12. The molecule has 0 unspecified atom stereocenters. The standard InChI is InChI=1S/C10H8N2OS/c13-7-3-4-8(12-6-7)10-9(14)2-1-5-11-10/h1-6,13-14H. The van der Waals surface area contributed by atoms with Crippen molar-refractivity contribution in [1.82, 2.24) is 9.97 Å². The van der Waals surface area contributed by atoms with Crippen LogP contribution in [0.15, 0.2) is 41.6 Å². The van der Waals surface area contributed by atoms with Crippen LogP contribution in [0.5, 0.6) is 5.75 Å². The van der Waals surface area contributed by atoms with Gasteiger partial charge in [0.2, 0.25) is 0 Å². The van der Waals surface area contributed by atoms with Gasteiger partial charge in [-0.1, -0.05) is 0 Å². The second-order valence-corrected chi connectivity index (χ2v) is 3.25.